The van der Waals surface area contributed by atoms with E-state index in [0.29, 0.717) is 39.1 Å². The maximum absolute atomic E-state index is 13.1. The summed E-state index contributed by atoms with van der Waals surface area (Å²) in [5, 5.41) is 0.484. The Hall–Kier alpha value is -3.21. The first-order chi connectivity index (χ1) is 15.0. The summed E-state index contributed by atoms with van der Waals surface area (Å²) in [6.45, 7) is 3.54. The van der Waals surface area contributed by atoms with Gasteiger partial charge in [-0.15, -0.1) is 0 Å². The summed E-state index contributed by atoms with van der Waals surface area (Å²) in [6.07, 6.45) is 4.30. The van der Waals surface area contributed by atoms with Crippen LogP contribution in [0.15, 0.2) is 70.8 Å². The Morgan fingerprint density at radius 2 is 1.62 bits per heavy atom. The molecule has 4 rings (SSSR count). The summed E-state index contributed by atoms with van der Waals surface area (Å²) < 4.78 is 63.7. The van der Waals surface area contributed by atoms with Crippen molar-refractivity contribution in [1.82, 2.24) is 9.97 Å². The summed E-state index contributed by atoms with van der Waals surface area (Å²) >= 11 is 0. The third-order valence-corrected chi connectivity index (χ3v) is 7.46. The molecule has 2 N–H and O–H groups in total. The van der Waals surface area contributed by atoms with Crippen LogP contribution in [-0.4, -0.2) is 31.4 Å². The number of hydrogen-bond acceptors (Lipinski definition) is 6. The van der Waals surface area contributed by atoms with Gasteiger partial charge in [-0.3, -0.25) is 9.54 Å². The lowest BCUT2D eigenvalue weighted by atomic mass is 10.1. The number of ether oxygens (including phenoxy) is 1. The van der Waals surface area contributed by atoms with Gasteiger partial charge < -0.3 is 9.72 Å². The first kappa shape index (κ1) is 22.0. The van der Waals surface area contributed by atoms with Gasteiger partial charge in [0.1, 0.15) is 17.3 Å². The number of aromatic nitrogens is 2. The average Bonchev–Trinajstić information content (AvgIpc) is 3.14. The van der Waals surface area contributed by atoms with Crippen molar-refractivity contribution >= 4 is 30.9 Å². The van der Waals surface area contributed by atoms with Crippen LogP contribution in [0.2, 0.25) is 0 Å². The number of hydrogen-bond donors (Lipinski definition) is 2. The molecule has 0 aliphatic carbocycles. The highest BCUT2D eigenvalue weighted by Gasteiger charge is 2.22. The molecule has 0 bridgehead atoms. The van der Waals surface area contributed by atoms with E-state index in [1.165, 1.54) is 30.7 Å². The number of nitrogens with zero attached hydrogens (tertiary/aromatic N) is 1. The van der Waals surface area contributed by atoms with E-state index >= 15 is 0 Å². The molecule has 32 heavy (non-hydrogen) atoms. The molecule has 0 radical (unpaired) electrons. The van der Waals surface area contributed by atoms with Gasteiger partial charge in [-0.2, -0.15) is 8.42 Å². The molecule has 4 aromatic rings. The highest BCUT2D eigenvalue weighted by molar-refractivity contribution is 7.91. The fourth-order valence-corrected chi connectivity index (χ4v) is 5.61. The molecule has 0 unspecified atom stereocenters. The smallest absolute Gasteiger partial charge is 0.269 e. The minimum absolute atomic E-state index is 0.126. The van der Waals surface area contributed by atoms with E-state index < -0.39 is 25.7 Å². The number of nitrogens with one attached hydrogen (secondary N) is 1. The third kappa shape index (κ3) is 4.38. The van der Waals surface area contributed by atoms with E-state index in [1.54, 1.807) is 44.2 Å². The summed E-state index contributed by atoms with van der Waals surface area (Å²) in [6, 6.07) is 11.2. The predicted molar refractivity (Wildman–Crippen MR) is 119 cm³/mol. The first-order valence-electron chi connectivity index (χ1n) is 9.54. The minimum Gasteiger partial charge on any atom is -0.457 e. The summed E-state index contributed by atoms with van der Waals surface area (Å²) in [4.78, 5) is 7.11. The quantitative estimate of drug-likeness (QED) is 0.403. The maximum Gasteiger partial charge on any atom is 0.269 e. The van der Waals surface area contributed by atoms with Gasteiger partial charge in [0.15, 0.2) is 0 Å². The lowest BCUT2D eigenvalue weighted by Gasteiger charge is -2.14. The molecule has 2 aromatic carbocycles. The fraction of sp³-hybridized carbons (Fsp3) is 0.136. The van der Waals surface area contributed by atoms with Crippen LogP contribution < -0.4 is 4.74 Å². The molecule has 10 heteroatoms. The topological polar surface area (TPSA) is 126 Å². The van der Waals surface area contributed by atoms with Gasteiger partial charge in [0.05, 0.1) is 9.79 Å². The van der Waals surface area contributed by atoms with Crippen molar-refractivity contribution in [3.8, 4) is 11.5 Å². The second-order valence-electron chi connectivity index (χ2n) is 7.43. The van der Waals surface area contributed by atoms with Crippen molar-refractivity contribution < 1.29 is 26.1 Å². The van der Waals surface area contributed by atoms with Crippen LogP contribution in [0.25, 0.3) is 10.9 Å². The molecule has 0 amide bonds. The Morgan fingerprint density at radius 1 is 0.969 bits per heavy atom. The van der Waals surface area contributed by atoms with Crippen molar-refractivity contribution in [1.29, 1.82) is 0 Å². The zero-order chi connectivity index (χ0) is 23.1. The van der Waals surface area contributed by atoms with E-state index in [4.69, 9.17) is 9.29 Å². The number of rotatable bonds is 6. The van der Waals surface area contributed by atoms with Crippen LogP contribution in [0.3, 0.4) is 0 Å². The van der Waals surface area contributed by atoms with Crippen molar-refractivity contribution in [2.75, 3.05) is 0 Å². The van der Waals surface area contributed by atoms with Crippen molar-refractivity contribution in [3.05, 3.63) is 77.7 Å². The molecule has 0 spiro atoms. The molecule has 0 atom stereocenters. The predicted octanol–water partition coefficient (Wildman–Crippen LogP) is 4.19. The van der Waals surface area contributed by atoms with Crippen LogP contribution in [0.1, 0.15) is 16.7 Å². The lowest BCUT2D eigenvalue weighted by molar-refractivity contribution is 0.474. The Balaban J connectivity index is 1.72. The van der Waals surface area contributed by atoms with Crippen molar-refractivity contribution in [3.63, 3.8) is 0 Å². The van der Waals surface area contributed by atoms with E-state index in [9.17, 15) is 16.8 Å². The van der Waals surface area contributed by atoms with Crippen LogP contribution in [0.4, 0.5) is 0 Å². The SMILES string of the molecule is Cc1cc(CS(=O)(=O)O)cc(C)c1Oc1ccc2[nH]cc(S(=O)(=O)c3ccncc3)c2c1. The first-order valence-corrected chi connectivity index (χ1v) is 12.6. The van der Waals surface area contributed by atoms with Gasteiger partial charge in [0.25, 0.3) is 10.1 Å². The molecular formula is C22H20N2O6S2. The molecular weight excluding hydrogens is 452 g/mol. The molecule has 166 valence electrons. The molecule has 8 nitrogen and oxygen atoms in total. The minimum atomic E-state index is -4.15. The number of aryl methyl sites for hydroxylation is 2. The molecule has 2 aromatic heterocycles. The Kier molecular flexibility index (Phi) is 5.53. The third-order valence-electron chi connectivity index (χ3n) is 4.95. The van der Waals surface area contributed by atoms with Crippen LogP contribution in [-0.2, 0) is 25.7 Å². The fourth-order valence-electron chi connectivity index (χ4n) is 3.62. The summed E-state index contributed by atoms with van der Waals surface area (Å²) in [5.74, 6) is 0.468. The van der Waals surface area contributed by atoms with Gasteiger partial charge in [-0.05, 0) is 60.9 Å². The maximum atomic E-state index is 13.1. The van der Waals surface area contributed by atoms with Crippen LogP contribution >= 0.6 is 0 Å². The van der Waals surface area contributed by atoms with Crippen molar-refractivity contribution in [2.45, 2.75) is 29.4 Å². The van der Waals surface area contributed by atoms with Gasteiger partial charge in [0.2, 0.25) is 9.84 Å². The number of fused-ring (bicyclic) bond motifs is 1. The van der Waals surface area contributed by atoms with E-state index in [0.717, 1.165) is 0 Å². The number of benzene rings is 2. The van der Waals surface area contributed by atoms with Gasteiger partial charge in [0, 0.05) is 29.5 Å². The normalized spacial score (nSPS) is 12.2. The van der Waals surface area contributed by atoms with Crippen LogP contribution in [0.5, 0.6) is 11.5 Å². The molecule has 0 fully saturated rings. The average molecular weight is 473 g/mol. The molecule has 0 aliphatic heterocycles. The van der Waals surface area contributed by atoms with Gasteiger partial charge >= 0.3 is 0 Å². The lowest BCUT2D eigenvalue weighted by Crippen LogP contribution is -2.03. The van der Waals surface area contributed by atoms with Gasteiger partial charge in [-0.25, -0.2) is 8.42 Å². The highest BCUT2D eigenvalue weighted by Crippen LogP contribution is 2.34. The summed E-state index contributed by atoms with van der Waals surface area (Å²) in [5.41, 5.74) is 2.45. The number of H-pyrrole nitrogens is 1. The Bertz CT molecular complexity index is 1500. The number of pyridine rings is 1. The number of sulfone groups is 1. The Morgan fingerprint density at radius 3 is 2.25 bits per heavy atom. The van der Waals surface area contributed by atoms with Crippen LogP contribution in [0, 0.1) is 13.8 Å². The molecule has 2 heterocycles. The second-order valence-corrected chi connectivity index (χ2v) is 10.8. The molecule has 0 saturated heterocycles. The standard InChI is InChI=1S/C22H20N2O6S2/c1-14-9-16(13-31(25,26)27)10-15(2)22(14)30-17-3-4-20-19(11-17)21(12-24-20)32(28,29)18-5-7-23-8-6-18/h3-12,24H,13H2,1-2H3,(H,25,26,27). The van der Waals surface area contributed by atoms with Crippen molar-refractivity contribution in [2.24, 2.45) is 0 Å². The van der Waals surface area contributed by atoms with E-state index in [2.05, 4.69) is 9.97 Å². The zero-order valence-electron chi connectivity index (χ0n) is 17.2. The van der Waals surface area contributed by atoms with Gasteiger partial charge in [-0.1, -0.05) is 12.1 Å². The molecule has 0 aliphatic rings. The largest absolute Gasteiger partial charge is 0.457 e. The Labute approximate surface area is 185 Å². The zero-order valence-corrected chi connectivity index (χ0v) is 18.9. The summed E-state index contributed by atoms with van der Waals surface area (Å²) in [7, 11) is -7.91. The highest BCUT2D eigenvalue weighted by atomic mass is 32.2. The number of aromatic amines is 1. The molecule has 0 saturated carbocycles. The van der Waals surface area contributed by atoms with E-state index in [-0.39, 0.29) is 9.79 Å². The van der Waals surface area contributed by atoms with E-state index in [1.807, 2.05) is 0 Å². The monoisotopic (exact) mass is 472 g/mol. The second kappa shape index (κ2) is 8.05.